The van der Waals surface area contributed by atoms with Gasteiger partial charge in [0.1, 0.15) is 6.04 Å². The number of ether oxygens (including phenoxy) is 1. The van der Waals surface area contributed by atoms with Gasteiger partial charge in [-0.05, 0) is 31.2 Å². The lowest BCUT2D eigenvalue weighted by molar-refractivity contribution is -0.155. The smallest absolute Gasteiger partial charge is 0.310 e. The minimum atomic E-state index is -0.777. The summed E-state index contributed by atoms with van der Waals surface area (Å²) in [7, 11) is 0. The average molecular weight is 471 g/mol. The zero-order valence-electron chi connectivity index (χ0n) is 20.5. The first-order valence-corrected chi connectivity index (χ1v) is 12.5. The number of esters is 1. The first-order valence-electron chi connectivity index (χ1n) is 12.5. The Labute approximate surface area is 202 Å². The number of allylic oxidation sites excluding steroid dienone is 1. The SMILES string of the molecule is CCCCCNC(=O)[C@@H]1[C@H]2C=C[C@@H](C)[C@@H](C(=O)OCC)[C@@H]2C(=O)N1[C@@H](CO)Cc1ccccc1. The number of amides is 2. The summed E-state index contributed by atoms with van der Waals surface area (Å²) in [5, 5.41) is 13.3. The maximum absolute atomic E-state index is 13.9. The predicted octanol–water partition coefficient (Wildman–Crippen LogP) is 2.72. The van der Waals surface area contributed by atoms with E-state index in [2.05, 4.69) is 12.2 Å². The molecule has 7 heteroatoms. The lowest BCUT2D eigenvalue weighted by Gasteiger charge is -2.33. The van der Waals surface area contributed by atoms with Crippen molar-refractivity contribution in [1.82, 2.24) is 10.2 Å². The number of carbonyl (C=O) groups is 3. The van der Waals surface area contributed by atoms with Gasteiger partial charge in [-0.2, -0.15) is 0 Å². The molecular weight excluding hydrogens is 432 g/mol. The van der Waals surface area contributed by atoms with E-state index in [0.717, 1.165) is 24.8 Å². The second-order valence-corrected chi connectivity index (χ2v) is 9.34. The number of likely N-dealkylation sites (tertiary alicyclic amines) is 1. The largest absolute Gasteiger partial charge is 0.466 e. The van der Waals surface area contributed by atoms with Crippen molar-refractivity contribution in [2.75, 3.05) is 19.8 Å². The number of aliphatic hydroxyl groups excluding tert-OH is 1. The van der Waals surface area contributed by atoms with Crippen molar-refractivity contribution in [3.8, 4) is 0 Å². The van der Waals surface area contributed by atoms with Crippen molar-refractivity contribution in [2.24, 2.45) is 23.7 Å². The normalized spacial score (nSPS) is 26.8. The first kappa shape index (κ1) is 25.9. The van der Waals surface area contributed by atoms with Crippen LogP contribution in [0.5, 0.6) is 0 Å². The third kappa shape index (κ3) is 5.52. The van der Waals surface area contributed by atoms with Crippen LogP contribution in [0.15, 0.2) is 42.5 Å². The Bertz CT molecular complexity index is 871. The third-order valence-electron chi connectivity index (χ3n) is 7.03. The molecule has 0 aromatic heterocycles. The van der Waals surface area contributed by atoms with Gasteiger partial charge in [-0.1, -0.05) is 69.2 Å². The maximum Gasteiger partial charge on any atom is 0.310 e. The van der Waals surface area contributed by atoms with Gasteiger partial charge in [0.2, 0.25) is 11.8 Å². The van der Waals surface area contributed by atoms with Crippen LogP contribution in [0.4, 0.5) is 0 Å². The van der Waals surface area contributed by atoms with Gasteiger partial charge >= 0.3 is 5.97 Å². The Hall–Kier alpha value is -2.67. The lowest BCUT2D eigenvalue weighted by atomic mass is 9.70. The molecule has 186 valence electrons. The molecule has 2 N–H and O–H groups in total. The molecule has 34 heavy (non-hydrogen) atoms. The summed E-state index contributed by atoms with van der Waals surface area (Å²) in [5.74, 6) is -2.87. The molecule has 3 rings (SSSR count). The molecule has 0 unspecified atom stereocenters. The Kier molecular flexibility index (Phi) is 9.28. The van der Waals surface area contributed by atoms with Gasteiger partial charge in [-0.3, -0.25) is 14.4 Å². The van der Waals surface area contributed by atoms with Crippen LogP contribution in [-0.4, -0.2) is 59.6 Å². The molecule has 7 nitrogen and oxygen atoms in total. The van der Waals surface area contributed by atoms with Crippen molar-refractivity contribution >= 4 is 17.8 Å². The molecule has 0 saturated carbocycles. The molecule has 1 fully saturated rings. The van der Waals surface area contributed by atoms with E-state index in [1.807, 2.05) is 49.4 Å². The Morgan fingerprint density at radius 2 is 1.88 bits per heavy atom. The van der Waals surface area contributed by atoms with Gasteiger partial charge in [0, 0.05) is 12.5 Å². The Morgan fingerprint density at radius 1 is 1.15 bits per heavy atom. The monoisotopic (exact) mass is 470 g/mol. The highest BCUT2D eigenvalue weighted by atomic mass is 16.5. The van der Waals surface area contributed by atoms with Crippen LogP contribution in [0.2, 0.25) is 0 Å². The maximum atomic E-state index is 13.9. The fourth-order valence-electron chi connectivity index (χ4n) is 5.36. The summed E-state index contributed by atoms with van der Waals surface area (Å²) in [6.07, 6.45) is 7.17. The molecule has 1 aromatic rings. The van der Waals surface area contributed by atoms with Crippen LogP contribution in [0.3, 0.4) is 0 Å². The van der Waals surface area contributed by atoms with E-state index in [1.54, 1.807) is 11.8 Å². The molecule has 2 amide bonds. The number of hydrogen-bond donors (Lipinski definition) is 2. The van der Waals surface area contributed by atoms with Crippen molar-refractivity contribution in [2.45, 2.75) is 58.5 Å². The van der Waals surface area contributed by atoms with Crippen LogP contribution in [0.1, 0.15) is 45.6 Å². The fraction of sp³-hybridized carbons (Fsp3) is 0.593. The lowest BCUT2D eigenvalue weighted by Crippen LogP contribution is -2.53. The highest BCUT2D eigenvalue weighted by Gasteiger charge is 2.58. The summed E-state index contributed by atoms with van der Waals surface area (Å²) < 4.78 is 5.32. The molecule has 1 heterocycles. The topological polar surface area (TPSA) is 95.9 Å². The van der Waals surface area contributed by atoms with Crippen molar-refractivity contribution in [1.29, 1.82) is 0 Å². The Balaban J connectivity index is 1.95. The number of unbranched alkanes of at least 4 members (excludes halogenated alkanes) is 2. The number of hydrogen-bond acceptors (Lipinski definition) is 5. The summed E-state index contributed by atoms with van der Waals surface area (Å²) in [4.78, 5) is 41.7. The van der Waals surface area contributed by atoms with Gasteiger partial charge in [-0.15, -0.1) is 0 Å². The van der Waals surface area contributed by atoms with Crippen LogP contribution in [0, 0.1) is 23.7 Å². The number of nitrogens with zero attached hydrogens (tertiary/aromatic N) is 1. The molecule has 1 aliphatic carbocycles. The quantitative estimate of drug-likeness (QED) is 0.295. The van der Waals surface area contributed by atoms with E-state index >= 15 is 0 Å². The number of fused-ring (bicyclic) bond motifs is 1. The minimum Gasteiger partial charge on any atom is -0.466 e. The number of aliphatic hydroxyl groups is 1. The van der Waals surface area contributed by atoms with Crippen molar-refractivity contribution in [3.63, 3.8) is 0 Å². The summed E-state index contributed by atoms with van der Waals surface area (Å²) in [5.41, 5.74) is 0.970. The van der Waals surface area contributed by atoms with Gasteiger partial charge in [0.15, 0.2) is 0 Å². The van der Waals surface area contributed by atoms with Crippen LogP contribution < -0.4 is 5.32 Å². The molecule has 6 atom stereocenters. The van der Waals surface area contributed by atoms with Crippen molar-refractivity contribution in [3.05, 3.63) is 48.0 Å². The summed E-state index contributed by atoms with van der Waals surface area (Å²) in [6.45, 7) is 6.24. The standard InChI is InChI=1S/C27H38N2O5/c1-4-6-10-15-28-25(31)24-21-14-13-18(3)22(27(33)34-5-2)23(21)26(32)29(24)20(17-30)16-19-11-8-7-9-12-19/h7-9,11-14,18,20-24,30H,4-6,10,15-17H2,1-3H3,(H,28,31)/t18-,20-,21+,22-,23-,24+/m1/s1. The molecule has 0 bridgehead atoms. The van der Waals surface area contributed by atoms with E-state index in [0.29, 0.717) is 13.0 Å². The van der Waals surface area contributed by atoms with Gasteiger partial charge in [0.05, 0.1) is 31.1 Å². The fourth-order valence-corrected chi connectivity index (χ4v) is 5.36. The molecule has 0 spiro atoms. The molecule has 2 aliphatic rings. The van der Waals surface area contributed by atoms with Crippen molar-refractivity contribution < 1.29 is 24.2 Å². The Morgan fingerprint density at radius 3 is 2.53 bits per heavy atom. The minimum absolute atomic E-state index is 0.181. The number of carbonyl (C=O) groups excluding carboxylic acids is 3. The summed E-state index contributed by atoms with van der Waals surface area (Å²) in [6, 6.07) is 8.27. The van der Waals surface area contributed by atoms with E-state index in [9.17, 15) is 19.5 Å². The predicted molar refractivity (Wildman–Crippen MR) is 130 cm³/mol. The van der Waals surface area contributed by atoms with Crippen LogP contribution in [-0.2, 0) is 25.5 Å². The first-order chi connectivity index (χ1) is 16.4. The zero-order valence-corrected chi connectivity index (χ0v) is 20.5. The number of rotatable bonds is 11. The van der Waals surface area contributed by atoms with Gasteiger partial charge in [-0.25, -0.2) is 0 Å². The van der Waals surface area contributed by atoms with E-state index in [4.69, 9.17) is 4.74 Å². The second-order valence-electron chi connectivity index (χ2n) is 9.34. The number of nitrogens with one attached hydrogen (secondary N) is 1. The highest BCUT2D eigenvalue weighted by Crippen LogP contribution is 2.45. The number of benzene rings is 1. The summed E-state index contributed by atoms with van der Waals surface area (Å²) >= 11 is 0. The van der Waals surface area contributed by atoms with Crippen LogP contribution >= 0.6 is 0 Å². The molecule has 0 radical (unpaired) electrons. The average Bonchev–Trinajstić information content (AvgIpc) is 3.13. The van der Waals surface area contributed by atoms with Gasteiger partial charge in [0.25, 0.3) is 0 Å². The highest BCUT2D eigenvalue weighted by molar-refractivity contribution is 5.96. The van der Waals surface area contributed by atoms with E-state index < -0.39 is 35.8 Å². The van der Waals surface area contributed by atoms with E-state index in [-0.39, 0.29) is 30.9 Å². The van der Waals surface area contributed by atoms with Crippen LogP contribution in [0.25, 0.3) is 0 Å². The zero-order chi connectivity index (χ0) is 24.7. The van der Waals surface area contributed by atoms with E-state index in [1.165, 1.54) is 0 Å². The molecule has 1 aromatic carbocycles. The molecular formula is C27H38N2O5. The third-order valence-corrected chi connectivity index (χ3v) is 7.03. The molecule has 1 saturated heterocycles. The van der Waals surface area contributed by atoms with Gasteiger partial charge < -0.3 is 20.1 Å². The molecule has 1 aliphatic heterocycles. The second kappa shape index (κ2) is 12.2.